The largest absolute Gasteiger partial charge is 0.417 e. The molecule has 1 fully saturated rings. The smallest absolute Gasteiger partial charge is 0.384 e. The van der Waals surface area contributed by atoms with Gasteiger partial charge in [-0.15, -0.1) is 0 Å². The van der Waals surface area contributed by atoms with E-state index in [1.54, 1.807) is 6.07 Å². The van der Waals surface area contributed by atoms with Crippen molar-refractivity contribution in [2.45, 2.75) is 25.9 Å². The average Bonchev–Trinajstić information content (AvgIpc) is 3.18. The van der Waals surface area contributed by atoms with E-state index in [4.69, 9.17) is 11.1 Å². The molecule has 20 heavy (non-hydrogen) atoms. The number of hydrogen-bond acceptors (Lipinski definition) is 2. The van der Waals surface area contributed by atoms with Gasteiger partial charge < -0.3 is 10.6 Å². The molecule has 110 valence electrons. The Bertz CT molecular complexity index is 507. The third-order valence-corrected chi connectivity index (χ3v) is 3.52. The van der Waals surface area contributed by atoms with Crippen molar-refractivity contribution in [3.63, 3.8) is 0 Å². The number of alkyl halides is 3. The van der Waals surface area contributed by atoms with Crippen molar-refractivity contribution in [1.29, 1.82) is 5.41 Å². The summed E-state index contributed by atoms with van der Waals surface area (Å²) < 4.78 is 39.2. The second-order valence-corrected chi connectivity index (χ2v) is 5.12. The van der Waals surface area contributed by atoms with E-state index in [1.807, 2.05) is 11.8 Å². The van der Waals surface area contributed by atoms with Crippen molar-refractivity contribution in [3.8, 4) is 0 Å². The molecular formula is C14H18F3N3. The van der Waals surface area contributed by atoms with Crippen LogP contribution in [0.15, 0.2) is 18.2 Å². The standard InChI is InChI=1S/C14H18F3N3/c1-2-20(8-9-3-4-9)10-5-6-11(13(18)19)12(7-10)14(15,16)17/h5-7,9H,2-4,8H2,1H3,(H3,18,19). The number of nitrogens with zero attached hydrogens (tertiary/aromatic N) is 1. The van der Waals surface area contributed by atoms with Crippen LogP contribution in [0.2, 0.25) is 0 Å². The fourth-order valence-electron chi connectivity index (χ4n) is 2.23. The van der Waals surface area contributed by atoms with Crippen LogP contribution < -0.4 is 10.6 Å². The van der Waals surface area contributed by atoms with Gasteiger partial charge in [0.25, 0.3) is 0 Å². The molecule has 1 saturated carbocycles. The van der Waals surface area contributed by atoms with Crippen LogP contribution in [-0.2, 0) is 6.18 Å². The lowest BCUT2D eigenvalue weighted by molar-refractivity contribution is -0.137. The summed E-state index contributed by atoms with van der Waals surface area (Å²) in [5, 5.41) is 7.27. The minimum Gasteiger partial charge on any atom is -0.384 e. The maximum absolute atomic E-state index is 13.1. The molecule has 1 aliphatic carbocycles. The van der Waals surface area contributed by atoms with Gasteiger partial charge in [-0.3, -0.25) is 5.41 Å². The fraction of sp³-hybridized carbons (Fsp3) is 0.500. The summed E-state index contributed by atoms with van der Waals surface area (Å²) in [5.41, 5.74) is 4.67. The molecule has 3 N–H and O–H groups in total. The first kappa shape index (κ1) is 14.7. The molecule has 0 heterocycles. The molecule has 0 atom stereocenters. The maximum atomic E-state index is 13.1. The first-order valence-corrected chi connectivity index (χ1v) is 6.63. The Kier molecular flexibility index (Phi) is 3.92. The summed E-state index contributed by atoms with van der Waals surface area (Å²) in [6.07, 6.45) is -2.21. The van der Waals surface area contributed by atoms with Crippen molar-refractivity contribution in [2.24, 2.45) is 11.7 Å². The van der Waals surface area contributed by atoms with Gasteiger partial charge in [0, 0.05) is 24.3 Å². The summed E-state index contributed by atoms with van der Waals surface area (Å²) in [6.45, 7) is 3.37. The van der Waals surface area contributed by atoms with Gasteiger partial charge in [-0.1, -0.05) is 0 Å². The zero-order valence-corrected chi connectivity index (χ0v) is 11.3. The van der Waals surface area contributed by atoms with Gasteiger partial charge in [0.15, 0.2) is 0 Å². The first-order chi connectivity index (χ1) is 9.32. The summed E-state index contributed by atoms with van der Waals surface area (Å²) >= 11 is 0. The van der Waals surface area contributed by atoms with E-state index in [0.29, 0.717) is 18.2 Å². The molecule has 1 aliphatic rings. The fourth-order valence-corrected chi connectivity index (χ4v) is 2.23. The predicted octanol–water partition coefficient (Wildman–Crippen LogP) is 3.23. The lowest BCUT2D eigenvalue weighted by Gasteiger charge is -2.25. The molecule has 0 spiro atoms. The van der Waals surface area contributed by atoms with Gasteiger partial charge in [-0.25, -0.2) is 0 Å². The van der Waals surface area contributed by atoms with E-state index in [2.05, 4.69) is 0 Å². The van der Waals surface area contributed by atoms with Crippen LogP contribution in [0.1, 0.15) is 30.9 Å². The highest BCUT2D eigenvalue weighted by atomic mass is 19.4. The molecule has 2 rings (SSSR count). The third kappa shape index (κ3) is 3.23. The summed E-state index contributed by atoms with van der Waals surface area (Å²) in [4.78, 5) is 1.94. The minimum atomic E-state index is -4.50. The number of nitrogens with two attached hydrogens (primary N) is 1. The second-order valence-electron chi connectivity index (χ2n) is 5.12. The van der Waals surface area contributed by atoms with Gasteiger partial charge in [0.2, 0.25) is 0 Å². The van der Waals surface area contributed by atoms with Crippen LogP contribution in [0, 0.1) is 11.3 Å². The summed E-state index contributed by atoms with van der Waals surface area (Å²) in [5.74, 6) is 0.0332. The van der Waals surface area contributed by atoms with Gasteiger partial charge in [0.1, 0.15) is 5.84 Å². The first-order valence-electron chi connectivity index (χ1n) is 6.63. The molecule has 1 aromatic rings. The van der Waals surface area contributed by atoms with E-state index in [-0.39, 0.29) is 5.56 Å². The highest BCUT2D eigenvalue weighted by Crippen LogP contribution is 2.36. The van der Waals surface area contributed by atoms with Crippen LogP contribution >= 0.6 is 0 Å². The number of nitrogens with one attached hydrogen (secondary N) is 1. The van der Waals surface area contributed by atoms with Crippen molar-refractivity contribution < 1.29 is 13.2 Å². The molecule has 0 bridgehead atoms. The number of benzene rings is 1. The zero-order valence-electron chi connectivity index (χ0n) is 11.3. The summed E-state index contributed by atoms with van der Waals surface area (Å²) in [6, 6.07) is 4.00. The zero-order chi connectivity index (χ0) is 14.9. The van der Waals surface area contributed by atoms with E-state index in [0.717, 1.165) is 25.5 Å². The Morgan fingerprint density at radius 1 is 1.40 bits per heavy atom. The molecule has 0 aromatic heterocycles. The number of rotatable bonds is 5. The van der Waals surface area contributed by atoms with Crippen molar-refractivity contribution in [1.82, 2.24) is 0 Å². The Labute approximate surface area is 116 Å². The Morgan fingerprint density at radius 3 is 2.50 bits per heavy atom. The molecular weight excluding hydrogens is 267 g/mol. The molecule has 0 amide bonds. The molecule has 1 aromatic carbocycles. The Morgan fingerprint density at radius 2 is 2.05 bits per heavy atom. The number of nitrogen functional groups attached to an aromatic ring is 1. The van der Waals surface area contributed by atoms with E-state index in [9.17, 15) is 13.2 Å². The monoisotopic (exact) mass is 285 g/mol. The van der Waals surface area contributed by atoms with Gasteiger partial charge >= 0.3 is 6.18 Å². The quantitative estimate of drug-likeness (QED) is 0.644. The molecule has 3 nitrogen and oxygen atoms in total. The number of hydrogen-bond donors (Lipinski definition) is 2. The normalized spacial score (nSPS) is 15.2. The predicted molar refractivity (Wildman–Crippen MR) is 73.1 cm³/mol. The molecule has 0 radical (unpaired) electrons. The van der Waals surface area contributed by atoms with Crippen LogP contribution in [0.3, 0.4) is 0 Å². The molecule has 0 unspecified atom stereocenters. The van der Waals surface area contributed by atoms with Crippen LogP contribution in [0.4, 0.5) is 18.9 Å². The Balaban J connectivity index is 2.37. The maximum Gasteiger partial charge on any atom is 0.417 e. The van der Waals surface area contributed by atoms with Crippen LogP contribution in [-0.4, -0.2) is 18.9 Å². The van der Waals surface area contributed by atoms with Gasteiger partial charge in [-0.05, 0) is 43.9 Å². The van der Waals surface area contributed by atoms with E-state index >= 15 is 0 Å². The number of halogens is 3. The van der Waals surface area contributed by atoms with Crippen LogP contribution in [0.25, 0.3) is 0 Å². The van der Waals surface area contributed by atoms with Crippen LogP contribution in [0.5, 0.6) is 0 Å². The molecule has 0 saturated heterocycles. The average molecular weight is 285 g/mol. The highest BCUT2D eigenvalue weighted by Gasteiger charge is 2.35. The van der Waals surface area contributed by atoms with Crippen molar-refractivity contribution in [2.75, 3.05) is 18.0 Å². The highest BCUT2D eigenvalue weighted by molar-refractivity contribution is 5.97. The third-order valence-electron chi connectivity index (χ3n) is 3.52. The lowest BCUT2D eigenvalue weighted by atomic mass is 10.0. The van der Waals surface area contributed by atoms with Crippen molar-refractivity contribution in [3.05, 3.63) is 29.3 Å². The number of anilines is 1. The van der Waals surface area contributed by atoms with E-state index < -0.39 is 17.6 Å². The lowest BCUT2D eigenvalue weighted by Crippen LogP contribution is -2.26. The molecule has 0 aliphatic heterocycles. The molecule has 6 heteroatoms. The topological polar surface area (TPSA) is 53.1 Å². The number of amidine groups is 1. The van der Waals surface area contributed by atoms with Crippen molar-refractivity contribution >= 4 is 11.5 Å². The van der Waals surface area contributed by atoms with Gasteiger partial charge in [-0.2, -0.15) is 13.2 Å². The minimum absolute atomic E-state index is 0.260. The SMILES string of the molecule is CCN(CC1CC1)c1ccc(C(=N)N)c(C(F)(F)F)c1. The summed E-state index contributed by atoms with van der Waals surface area (Å²) in [7, 11) is 0. The Hall–Kier alpha value is -1.72. The second kappa shape index (κ2) is 5.34. The van der Waals surface area contributed by atoms with E-state index in [1.165, 1.54) is 6.07 Å². The van der Waals surface area contributed by atoms with Gasteiger partial charge in [0.05, 0.1) is 5.56 Å².